The maximum atomic E-state index is 9.15. The first-order valence-corrected chi connectivity index (χ1v) is 3.45. The van der Waals surface area contributed by atoms with Gasteiger partial charge in [0.05, 0.1) is 6.61 Å². The third-order valence-electron chi connectivity index (χ3n) is 1.51. The van der Waals surface area contributed by atoms with Crippen molar-refractivity contribution in [2.24, 2.45) is 5.11 Å². The van der Waals surface area contributed by atoms with Gasteiger partial charge in [0, 0.05) is 4.91 Å². The maximum Gasteiger partial charge on any atom is 0.155 e. The van der Waals surface area contributed by atoms with E-state index in [1.54, 1.807) is 0 Å². The van der Waals surface area contributed by atoms with Crippen molar-refractivity contribution in [3.05, 3.63) is 22.6 Å². The highest BCUT2D eigenvalue weighted by atomic mass is 16.5. The molecule has 3 atom stereocenters. The molecular formula is C6H9N3O3. The predicted octanol–water partition coefficient (Wildman–Crippen LogP) is -0.0690. The molecule has 0 aromatic rings. The number of hydrogen-bond donors (Lipinski definition) is 2. The van der Waals surface area contributed by atoms with Crippen LogP contribution >= 0.6 is 0 Å². The monoisotopic (exact) mass is 171 g/mol. The zero-order valence-electron chi connectivity index (χ0n) is 6.24. The molecule has 1 heterocycles. The van der Waals surface area contributed by atoms with Gasteiger partial charge in [0.2, 0.25) is 0 Å². The molecule has 1 aliphatic heterocycles. The van der Waals surface area contributed by atoms with E-state index in [0.717, 1.165) is 0 Å². The summed E-state index contributed by atoms with van der Waals surface area (Å²) in [6.07, 6.45) is 0.612. The molecule has 6 nitrogen and oxygen atoms in total. The number of aliphatic hydroxyl groups excluding tert-OH is 2. The summed E-state index contributed by atoms with van der Waals surface area (Å²) in [5, 5.41) is 21.1. The number of hydrogen-bond acceptors (Lipinski definition) is 4. The molecule has 0 aliphatic carbocycles. The molecule has 12 heavy (non-hydrogen) atoms. The molecule has 0 spiro atoms. The lowest BCUT2D eigenvalue weighted by atomic mass is 10.1. The molecule has 0 amide bonds. The summed E-state index contributed by atoms with van der Waals surface area (Å²) in [4.78, 5) is 2.54. The van der Waals surface area contributed by atoms with Gasteiger partial charge in [0.1, 0.15) is 12.2 Å². The van der Waals surface area contributed by atoms with Gasteiger partial charge in [-0.1, -0.05) is 17.3 Å². The first kappa shape index (κ1) is 9.02. The Hall–Kier alpha value is -1.07. The molecule has 2 N–H and O–H groups in total. The van der Waals surface area contributed by atoms with E-state index >= 15 is 0 Å². The lowest BCUT2D eigenvalue weighted by molar-refractivity contribution is -0.0768. The molecule has 0 saturated carbocycles. The fraction of sp³-hybridized carbons (Fsp3) is 0.667. The van der Waals surface area contributed by atoms with Crippen LogP contribution in [0.15, 0.2) is 17.3 Å². The quantitative estimate of drug-likeness (QED) is 0.263. The third kappa shape index (κ3) is 1.96. The normalized spacial score (nSPS) is 34.3. The van der Waals surface area contributed by atoms with Crippen molar-refractivity contribution in [1.82, 2.24) is 0 Å². The summed E-state index contributed by atoms with van der Waals surface area (Å²) in [6.45, 7) is -0.303. The van der Waals surface area contributed by atoms with Crippen LogP contribution in [0.4, 0.5) is 0 Å². The smallest absolute Gasteiger partial charge is 0.155 e. The van der Waals surface area contributed by atoms with Crippen molar-refractivity contribution in [2.75, 3.05) is 6.61 Å². The highest BCUT2D eigenvalue weighted by Crippen LogP contribution is 2.13. The molecule has 6 heteroatoms. The molecule has 0 unspecified atom stereocenters. The zero-order chi connectivity index (χ0) is 8.97. The molecule has 0 aromatic heterocycles. The van der Waals surface area contributed by atoms with E-state index in [0.29, 0.717) is 0 Å². The minimum absolute atomic E-state index is 0.303. The molecular weight excluding hydrogens is 162 g/mol. The van der Waals surface area contributed by atoms with E-state index in [1.807, 2.05) is 0 Å². The lowest BCUT2D eigenvalue weighted by Gasteiger charge is -2.25. The number of rotatable bonds is 2. The van der Waals surface area contributed by atoms with Crippen LogP contribution in [0.25, 0.3) is 10.4 Å². The zero-order valence-corrected chi connectivity index (χ0v) is 6.24. The SMILES string of the molecule is [N-]=[N+]=N[C@H]1C=C[C@H](O)[C@@H](CO)O1. The van der Waals surface area contributed by atoms with Gasteiger partial charge in [-0.15, -0.1) is 0 Å². The molecule has 1 rings (SSSR count). The Kier molecular flexibility index (Phi) is 3.07. The van der Waals surface area contributed by atoms with Crippen LogP contribution in [0.5, 0.6) is 0 Å². The fourth-order valence-corrected chi connectivity index (χ4v) is 0.905. The standard InChI is InChI=1S/C6H9N3O3/c7-9-8-6-2-1-4(11)5(3-10)12-6/h1-2,4-6,10-11H,3H2/t4-,5+,6+/m0/s1. The van der Waals surface area contributed by atoms with E-state index in [4.69, 9.17) is 20.5 Å². The van der Waals surface area contributed by atoms with Crippen LogP contribution in [0.3, 0.4) is 0 Å². The first-order chi connectivity index (χ1) is 5.77. The average molecular weight is 171 g/mol. The van der Waals surface area contributed by atoms with Gasteiger partial charge in [0.15, 0.2) is 6.23 Å². The van der Waals surface area contributed by atoms with E-state index < -0.39 is 18.4 Å². The van der Waals surface area contributed by atoms with Crippen LogP contribution < -0.4 is 0 Å². The average Bonchev–Trinajstić information content (AvgIpc) is 2.09. The van der Waals surface area contributed by atoms with Crippen molar-refractivity contribution in [1.29, 1.82) is 0 Å². The lowest BCUT2D eigenvalue weighted by Crippen LogP contribution is -2.36. The summed E-state index contributed by atoms with van der Waals surface area (Å²) < 4.78 is 4.98. The number of azide groups is 1. The minimum atomic E-state index is -0.833. The fourth-order valence-electron chi connectivity index (χ4n) is 0.905. The summed E-state index contributed by atoms with van der Waals surface area (Å²) in [7, 11) is 0. The van der Waals surface area contributed by atoms with Gasteiger partial charge in [-0.2, -0.15) is 0 Å². The van der Waals surface area contributed by atoms with Crippen LogP contribution in [0, 0.1) is 0 Å². The highest BCUT2D eigenvalue weighted by Gasteiger charge is 2.23. The molecule has 66 valence electrons. The van der Waals surface area contributed by atoms with E-state index in [1.165, 1.54) is 12.2 Å². The van der Waals surface area contributed by atoms with Gasteiger partial charge in [-0.05, 0) is 5.53 Å². The molecule has 0 radical (unpaired) electrons. The van der Waals surface area contributed by atoms with Gasteiger partial charge in [-0.25, -0.2) is 0 Å². The van der Waals surface area contributed by atoms with Crippen LogP contribution in [-0.2, 0) is 4.74 Å². The molecule has 0 bridgehead atoms. The Morgan fingerprint density at radius 3 is 2.92 bits per heavy atom. The summed E-state index contributed by atoms with van der Waals surface area (Å²) in [6, 6.07) is 0. The van der Waals surface area contributed by atoms with Crippen LogP contribution in [-0.4, -0.2) is 35.3 Å². The number of aliphatic hydroxyl groups is 2. The van der Waals surface area contributed by atoms with E-state index in [9.17, 15) is 0 Å². The van der Waals surface area contributed by atoms with Gasteiger partial charge in [0.25, 0.3) is 0 Å². The molecule has 0 fully saturated rings. The Balaban J connectivity index is 2.63. The Bertz CT molecular complexity index is 224. The first-order valence-electron chi connectivity index (χ1n) is 3.45. The molecule has 1 aliphatic rings. The van der Waals surface area contributed by atoms with E-state index in [2.05, 4.69) is 10.0 Å². The van der Waals surface area contributed by atoms with Gasteiger partial charge < -0.3 is 14.9 Å². The molecule has 0 saturated heterocycles. The minimum Gasteiger partial charge on any atom is -0.394 e. The predicted molar refractivity (Wildman–Crippen MR) is 40.0 cm³/mol. The van der Waals surface area contributed by atoms with Crippen molar-refractivity contribution in [3.63, 3.8) is 0 Å². The van der Waals surface area contributed by atoms with Crippen LogP contribution in [0.2, 0.25) is 0 Å². The second-order valence-corrected chi connectivity index (χ2v) is 2.33. The Labute approximate surface area is 68.7 Å². The second kappa shape index (κ2) is 4.08. The van der Waals surface area contributed by atoms with Crippen molar-refractivity contribution in [3.8, 4) is 0 Å². The van der Waals surface area contributed by atoms with Crippen LogP contribution in [0.1, 0.15) is 0 Å². The van der Waals surface area contributed by atoms with Crippen molar-refractivity contribution < 1.29 is 14.9 Å². The summed E-state index contributed by atoms with van der Waals surface area (Å²) >= 11 is 0. The second-order valence-electron chi connectivity index (χ2n) is 2.33. The van der Waals surface area contributed by atoms with Crippen molar-refractivity contribution in [2.45, 2.75) is 18.4 Å². The van der Waals surface area contributed by atoms with Gasteiger partial charge in [-0.3, -0.25) is 0 Å². The Morgan fingerprint density at radius 2 is 2.33 bits per heavy atom. The third-order valence-corrected chi connectivity index (χ3v) is 1.51. The Morgan fingerprint density at radius 1 is 1.58 bits per heavy atom. The number of nitrogens with zero attached hydrogens (tertiary/aromatic N) is 3. The summed E-state index contributed by atoms with van der Waals surface area (Å²) in [5.41, 5.74) is 8.06. The number of ether oxygens (including phenoxy) is 1. The van der Waals surface area contributed by atoms with Crippen molar-refractivity contribution >= 4 is 0 Å². The largest absolute Gasteiger partial charge is 0.394 e. The van der Waals surface area contributed by atoms with E-state index in [-0.39, 0.29) is 6.61 Å². The molecule has 0 aromatic carbocycles. The topological polar surface area (TPSA) is 98.5 Å². The summed E-state index contributed by atoms with van der Waals surface area (Å²) in [5.74, 6) is 0. The highest BCUT2D eigenvalue weighted by molar-refractivity contribution is 5.01. The van der Waals surface area contributed by atoms with Gasteiger partial charge >= 0.3 is 0 Å². The maximum absolute atomic E-state index is 9.15.